The smallest absolute Gasteiger partial charge is 0.230 e. The van der Waals surface area contributed by atoms with Crippen LogP contribution in [0.2, 0.25) is 0 Å². The molecular weight excluding hydrogens is 339 g/mol. The van der Waals surface area contributed by atoms with E-state index in [1.807, 2.05) is 12.1 Å². The van der Waals surface area contributed by atoms with Crippen molar-refractivity contribution in [1.29, 1.82) is 0 Å². The zero-order chi connectivity index (χ0) is 18.7. The third kappa shape index (κ3) is 3.71. The number of rotatable bonds is 4. The predicted molar refractivity (Wildman–Crippen MR) is 106 cm³/mol. The van der Waals surface area contributed by atoms with Gasteiger partial charge in [0.1, 0.15) is 5.82 Å². The second-order valence-corrected chi connectivity index (χ2v) is 7.87. The maximum atomic E-state index is 13.8. The highest BCUT2D eigenvalue weighted by atomic mass is 19.1. The van der Waals surface area contributed by atoms with Crippen molar-refractivity contribution in [3.05, 3.63) is 66.0 Å². The van der Waals surface area contributed by atoms with Crippen molar-refractivity contribution in [2.75, 3.05) is 18.0 Å². The highest BCUT2D eigenvalue weighted by molar-refractivity contribution is 5.88. The van der Waals surface area contributed by atoms with Crippen molar-refractivity contribution < 1.29 is 9.18 Å². The van der Waals surface area contributed by atoms with E-state index < -0.39 is 5.41 Å². The summed E-state index contributed by atoms with van der Waals surface area (Å²) >= 11 is 0. The van der Waals surface area contributed by atoms with Crippen LogP contribution in [0.25, 0.3) is 0 Å². The molecule has 1 amide bonds. The van der Waals surface area contributed by atoms with E-state index in [0.29, 0.717) is 0 Å². The number of halogens is 1. The molecule has 1 N–H and O–H groups in total. The van der Waals surface area contributed by atoms with Crippen LogP contribution >= 0.6 is 0 Å². The minimum absolute atomic E-state index is 0.0868. The van der Waals surface area contributed by atoms with Gasteiger partial charge in [0.15, 0.2) is 0 Å². The fourth-order valence-electron chi connectivity index (χ4n) is 4.66. The van der Waals surface area contributed by atoms with Crippen molar-refractivity contribution in [3.8, 4) is 0 Å². The summed E-state index contributed by atoms with van der Waals surface area (Å²) in [5.41, 5.74) is 1.52. The molecule has 1 saturated heterocycles. The first-order chi connectivity index (χ1) is 13.2. The van der Waals surface area contributed by atoms with Gasteiger partial charge in [-0.15, -0.1) is 0 Å². The van der Waals surface area contributed by atoms with Gasteiger partial charge < -0.3 is 10.2 Å². The zero-order valence-electron chi connectivity index (χ0n) is 15.7. The predicted octanol–water partition coefficient (Wildman–Crippen LogP) is 4.42. The fourth-order valence-corrected chi connectivity index (χ4v) is 4.66. The number of nitrogens with zero attached hydrogens (tertiary/aromatic N) is 1. The number of nitrogens with one attached hydrogen (secondary N) is 1. The first kappa shape index (κ1) is 18.0. The highest BCUT2D eigenvalue weighted by Crippen LogP contribution is 2.41. The van der Waals surface area contributed by atoms with Crippen LogP contribution in [0.5, 0.6) is 0 Å². The van der Waals surface area contributed by atoms with Crippen molar-refractivity contribution >= 4 is 11.6 Å². The molecule has 2 aromatic carbocycles. The molecule has 0 spiro atoms. The Morgan fingerprint density at radius 1 is 1.00 bits per heavy atom. The Balaban J connectivity index is 1.42. The molecular formula is C23H27FN2O. The van der Waals surface area contributed by atoms with E-state index in [2.05, 4.69) is 34.5 Å². The van der Waals surface area contributed by atoms with Gasteiger partial charge in [-0.3, -0.25) is 4.79 Å². The van der Waals surface area contributed by atoms with Crippen molar-refractivity contribution in [2.24, 2.45) is 0 Å². The van der Waals surface area contributed by atoms with E-state index in [1.165, 1.54) is 11.8 Å². The highest BCUT2D eigenvalue weighted by Gasteiger charge is 2.43. The standard InChI is InChI=1S/C23H27FN2O/c24-19-8-6-7-18(17-19)23(13-4-5-14-23)22(27)25-20-11-15-26(16-12-20)21-9-2-1-3-10-21/h1-3,6-10,17,20H,4-5,11-16H2,(H,25,27). The van der Waals surface area contributed by atoms with Crippen LogP contribution in [-0.2, 0) is 10.2 Å². The van der Waals surface area contributed by atoms with Gasteiger partial charge in [-0.25, -0.2) is 4.39 Å². The van der Waals surface area contributed by atoms with Gasteiger partial charge in [0, 0.05) is 24.8 Å². The molecule has 1 heterocycles. The molecule has 142 valence electrons. The Labute approximate surface area is 160 Å². The number of anilines is 1. The normalized spacial score (nSPS) is 19.8. The Bertz CT molecular complexity index is 778. The first-order valence-corrected chi connectivity index (χ1v) is 10.0. The molecule has 0 bridgehead atoms. The second-order valence-electron chi connectivity index (χ2n) is 7.87. The fraction of sp³-hybridized carbons (Fsp3) is 0.435. The average Bonchev–Trinajstić information content (AvgIpc) is 3.21. The van der Waals surface area contributed by atoms with E-state index in [-0.39, 0.29) is 17.8 Å². The lowest BCUT2D eigenvalue weighted by atomic mass is 9.77. The molecule has 3 nitrogen and oxygen atoms in total. The third-order valence-electron chi connectivity index (χ3n) is 6.22. The van der Waals surface area contributed by atoms with Crippen LogP contribution in [0.3, 0.4) is 0 Å². The van der Waals surface area contributed by atoms with Crippen LogP contribution in [0.4, 0.5) is 10.1 Å². The lowest BCUT2D eigenvalue weighted by molar-refractivity contribution is -0.127. The Hall–Kier alpha value is -2.36. The first-order valence-electron chi connectivity index (χ1n) is 10.0. The SMILES string of the molecule is O=C(NC1CCN(c2ccccc2)CC1)C1(c2cccc(F)c2)CCCC1. The number of amides is 1. The average molecular weight is 366 g/mol. The topological polar surface area (TPSA) is 32.3 Å². The van der Waals surface area contributed by atoms with E-state index >= 15 is 0 Å². The number of hydrogen-bond acceptors (Lipinski definition) is 2. The molecule has 1 aliphatic heterocycles. The third-order valence-corrected chi connectivity index (χ3v) is 6.22. The Morgan fingerprint density at radius 3 is 2.37 bits per heavy atom. The molecule has 0 unspecified atom stereocenters. The van der Waals surface area contributed by atoms with Crippen LogP contribution in [0, 0.1) is 5.82 Å². The largest absolute Gasteiger partial charge is 0.371 e. The molecule has 1 aliphatic carbocycles. The number of carbonyl (C=O) groups is 1. The molecule has 2 aromatic rings. The van der Waals surface area contributed by atoms with Crippen LogP contribution in [0.15, 0.2) is 54.6 Å². The summed E-state index contributed by atoms with van der Waals surface area (Å²) in [6.45, 7) is 1.89. The second kappa shape index (κ2) is 7.71. The number of carbonyl (C=O) groups excluding carboxylic acids is 1. The lowest BCUT2D eigenvalue weighted by Crippen LogP contribution is -2.50. The van der Waals surface area contributed by atoms with Gasteiger partial charge in [0.2, 0.25) is 5.91 Å². The number of hydrogen-bond donors (Lipinski definition) is 1. The number of piperidine rings is 1. The summed E-state index contributed by atoms with van der Waals surface area (Å²) in [5.74, 6) is -0.175. The van der Waals surface area contributed by atoms with E-state index in [1.54, 1.807) is 12.1 Å². The molecule has 2 aliphatic rings. The van der Waals surface area contributed by atoms with E-state index in [4.69, 9.17) is 0 Å². The summed E-state index contributed by atoms with van der Waals surface area (Å²) in [6.07, 6.45) is 5.56. The van der Waals surface area contributed by atoms with Gasteiger partial charge in [0.05, 0.1) is 5.41 Å². The van der Waals surface area contributed by atoms with Crippen LogP contribution in [-0.4, -0.2) is 25.0 Å². The maximum Gasteiger partial charge on any atom is 0.230 e. The molecule has 0 atom stereocenters. The Morgan fingerprint density at radius 2 is 1.70 bits per heavy atom. The van der Waals surface area contributed by atoms with E-state index in [9.17, 15) is 9.18 Å². The van der Waals surface area contributed by atoms with Gasteiger partial charge in [-0.05, 0) is 55.5 Å². The van der Waals surface area contributed by atoms with Gasteiger partial charge in [0.25, 0.3) is 0 Å². The summed E-state index contributed by atoms with van der Waals surface area (Å²) in [6, 6.07) is 17.2. The van der Waals surface area contributed by atoms with Gasteiger partial charge in [-0.1, -0.05) is 43.2 Å². The molecule has 4 heteroatoms. The van der Waals surface area contributed by atoms with Crippen molar-refractivity contribution in [1.82, 2.24) is 5.32 Å². The summed E-state index contributed by atoms with van der Waals surface area (Å²) in [5, 5.41) is 3.30. The molecule has 0 aromatic heterocycles. The molecule has 0 radical (unpaired) electrons. The number of para-hydroxylation sites is 1. The van der Waals surface area contributed by atoms with Crippen molar-refractivity contribution in [3.63, 3.8) is 0 Å². The Kier molecular flexibility index (Phi) is 5.15. The number of benzene rings is 2. The van der Waals surface area contributed by atoms with Gasteiger partial charge >= 0.3 is 0 Å². The molecule has 2 fully saturated rings. The summed E-state index contributed by atoms with van der Waals surface area (Å²) in [7, 11) is 0. The van der Waals surface area contributed by atoms with Crippen LogP contribution < -0.4 is 10.2 Å². The van der Waals surface area contributed by atoms with E-state index in [0.717, 1.165) is 57.2 Å². The zero-order valence-corrected chi connectivity index (χ0v) is 15.7. The lowest BCUT2D eigenvalue weighted by Gasteiger charge is -2.36. The molecule has 27 heavy (non-hydrogen) atoms. The van der Waals surface area contributed by atoms with Crippen molar-refractivity contribution in [2.45, 2.75) is 50.0 Å². The summed E-state index contributed by atoms with van der Waals surface area (Å²) < 4.78 is 13.8. The minimum atomic E-state index is -0.557. The minimum Gasteiger partial charge on any atom is -0.371 e. The molecule has 4 rings (SSSR count). The molecule has 1 saturated carbocycles. The maximum absolute atomic E-state index is 13.8. The summed E-state index contributed by atoms with van der Waals surface area (Å²) in [4.78, 5) is 15.6. The quantitative estimate of drug-likeness (QED) is 0.869. The van der Waals surface area contributed by atoms with Gasteiger partial charge in [-0.2, -0.15) is 0 Å². The monoisotopic (exact) mass is 366 g/mol. The van der Waals surface area contributed by atoms with Crippen LogP contribution in [0.1, 0.15) is 44.1 Å².